The maximum absolute atomic E-state index is 13.8. The van der Waals surface area contributed by atoms with E-state index < -0.39 is 23.0 Å². The van der Waals surface area contributed by atoms with Gasteiger partial charge in [0.15, 0.2) is 5.60 Å². The van der Waals surface area contributed by atoms with Crippen molar-refractivity contribution in [3.8, 4) is 0 Å². The van der Waals surface area contributed by atoms with Gasteiger partial charge in [0, 0.05) is 12.3 Å². The fraction of sp³-hybridized carbons (Fsp3) is 0.625. The molecule has 1 saturated carbocycles. The van der Waals surface area contributed by atoms with Gasteiger partial charge in [0.1, 0.15) is 11.2 Å². The quantitative estimate of drug-likeness (QED) is 0.638. The number of carbonyl (C=O) groups is 3. The van der Waals surface area contributed by atoms with Gasteiger partial charge in [-0.1, -0.05) is 44.9 Å². The second kappa shape index (κ2) is 7.26. The van der Waals surface area contributed by atoms with Crippen molar-refractivity contribution < 1.29 is 24.2 Å². The highest BCUT2D eigenvalue weighted by Gasteiger charge is 2.73. The summed E-state index contributed by atoms with van der Waals surface area (Å²) in [5.41, 5.74) is -0.794. The Morgan fingerprint density at radius 1 is 1.28 bits per heavy atom. The van der Waals surface area contributed by atoms with E-state index in [2.05, 4.69) is 6.92 Å². The molecule has 5 nitrogen and oxygen atoms in total. The van der Waals surface area contributed by atoms with Crippen LogP contribution in [0.15, 0.2) is 34.9 Å². The van der Waals surface area contributed by atoms with Crippen molar-refractivity contribution >= 4 is 17.7 Å². The number of hydrogen-bond donors (Lipinski definition) is 1. The number of carbonyl (C=O) groups excluding carboxylic acids is 2. The molecule has 1 fully saturated rings. The topological polar surface area (TPSA) is 80.7 Å². The number of ketones is 1. The lowest BCUT2D eigenvalue weighted by molar-refractivity contribution is -0.188. The fourth-order valence-corrected chi connectivity index (χ4v) is 6.46. The minimum Gasteiger partial charge on any atom is -0.478 e. The summed E-state index contributed by atoms with van der Waals surface area (Å²) in [6.07, 6.45) is 11.9. The molecule has 4 atom stereocenters. The predicted octanol–water partition coefficient (Wildman–Crippen LogP) is 4.53. The number of hydrogen-bond acceptors (Lipinski definition) is 4. The lowest BCUT2D eigenvalue weighted by Gasteiger charge is -2.60. The highest BCUT2D eigenvalue weighted by atomic mass is 16.6. The van der Waals surface area contributed by atoms with Crippen LogP contribution in [0.1, 0.15) is 71.6 Å². The third-order valence-electron chi connectivity index (χ3n) is 7.52. The smallest absolute Gasteiger partial charge is 0.339 e. The van der Waals surface area contributed by atoms with E-state index in [0.29, 0.717) is 31.3 Å². The first-order chi connectivity index (χ1) is 13.9. The van der Waals surface area contributed by atoms with Crippen molar-refractivity contribution in [2.24, 2.45) is 17.3 Å². The molecular weight excluding hydrogens is 368 g/mol. The Morgan fingerprint density at radius 3 is 2.76 bits per heavy atom. The number of carboxylic acids is 1. The van der Waals surface area contributed by atoms with E-state index in [1.165, 1.54) is 0 Å². The second-order valence-corrected chi connectivity index (χ2v) is 8.87. The van der Waals surface area contributed by atoms with Crippen LogP contribution in [0, 0.1) is 17.3 Å². The van der Waals surface area contributed by atoms with Gasteiger partial charge >= 0.3 is 11.9 Å². The number of Topliss-reactive ketones (excluding diaryl/α,β-unsaturated/α-hetero) is 1. The van der Waals surface area contributed by atoms with Gasteiger partial charge in [-0.15, -0.1) is 0 Å². The van der Waals surface area contributed by atoms with Gasteiger partial charge in [0.25, 0.3) is 0 Å². The van der Waals surface area contributed by atoms with Crippen LogP contribution in [0.5, 0.6) is 0 Å². The lowest BCUT2D eigenvalue weighted by atomic mass is 9.44. The van der Waals surface area contributed by atoms with Crippen molar-refractivity contribution in [2.75, 3.05) is 0 Å². The Bertz CT molecular complexity index is 847. The zero-order valence-electron chi connectivity index (χ0n) is 17.3. The van der Waals surface area contributed by atoms with Gasteiger partial charge in [-0.25, -0.2) is 9.59 Å². The fourth-order valence-electron chi connectivity index (χ4n) is 6.46. The summed E-state index contributed by atoms with van der Waals surface area (Å²) in [6, 6.07) is 0. The van der Waals surface area contributed by atoms with Crippen molar-refractivity contribution in [3.05, 3.63) is 34.9 Å². The Labute approximate surface area is 171 Å². The van der Waals surface area contributed by atoms with Crippen molar-refractivity contribution in [3.63, 3.8) is 0 Å². The standard InChI is InChI=1S/C24H30O5/c1-3-5-11-20(25)23-13-12-15(14-19(23)21(26)27)17(8-4-2)24(23)18-10-7-6-9-16(18)22(28)29-24/h6,9,14-15,17H,3-5,7-8,10-13H2,1-2H3,(H,26,27)/t15-,17?,23+,24?/m1/s1. The van der Waals surface area contributed by atoms with Gasteiger partial charge in [-0.3, -0.25) is 4.79 Å². The summed E-state index contributed by atoms with van der Waals surface area (Å²) in [4.78, 5) is 39.1. The van der Waals surface area contributed by atoms with Crippen LogP contribution >= 0.6 is 0 Å². The summed E-state index contributed by atoms with van der Waals surface area (Å²) in [6.45, 7) is 4.12. The monoisotopic (exact) mass is 398 g/mol. The van der Waals surface area contributed by atoms with Crippen molar-refractivity contribution in [2.45, 2.75) is 77.2 Å². The molecule has 156 valence electrons. The molecular formula is C24H30O5. The molecule has 1 aliphatic heterocycles. The molecule has 5 heteroatoms. The molecule has 1 spiro atoms. The molecule has 0 aromatic heterocycles. The minimum absolute atomic E-state index is 0.0208. The van der Waals surface area contributed by atoms with Gasteiger partial charge in [-0.05, 0) is 50.0 Å². The molecule has 2 unspecified atom stereocenters. The predicted molar refractivity (Wildman–Crippen MR) is 108 cm³/mol. The molecule has 5 aliphatic rings. The second-order valence-electron chi connectivity index (χ2n) is 8.87. The Hall–Kier alpha value is -2.17. The lowest BCUT2D eigenvalue weighted by Crippen LogP contribution is -2.67. The molecule has 2 bridgehead atoms. The van der Waals surface area contributed by atoms with Crippen LogP contribution in [0.3, 0.4) is 0 Å². The van der Waals surface area contributed by atoms with Crippen LogP contribution in [0.25, 0.3) is 0 Å². The molecule has 0 radical (unpaired) electrons. The van der Waals surface area contributed by atoms with Crippen molar-refractivity contribution in [1.29, 1.82) is 0 Å². The summed E-state index contributed by atoms with van der Waals surface area (Å²) in [7, 11) is 0. The first kappa shape index (κ1) is 20.1. The molecule has 1 N–H and O–H groups in total. The van der Waals surface area contributed by atoms with E-state index in [4.69, 9.17) is 4.74 Å². The van der Waals surface area contributed by atoms with Crippen LogP contribution in [0.4, 0.5) is 0 Å². The number of allylic oxidation sites excluding steroid dienone is 2. The normalized spacial score (nSPS) is 35.0. The average molecular weight is 398 g/mol. The first-order valence-electron chi connectivity index (χ1n) is 11.1. The highest BCUT2D eigenvalue weighted by molar-refractivity contribution is 6.05. The third kappa shape index (κ3) is 2.55. The van der Waals surface area contributed by atoms with Gasteiger partial charge in [-0.2, -0.15) is 0 Å². The Kier molecular flexibility index (Phi) is 5.04. The number of ether oxygens (including phenoxy) is 1. The van der Waals surface area contributed by atoms with E-state index in [1.54, 1.807) is 0 Å². The number of carboxylic acid groups (broad SMARTS) is 1. The number of aliphatic carboxylic acids is 1. The van der Waals surface area contributed by atoms with Crippen LogP contribution in [0.2, 0.25) is 0 Å². The van der Waals surface area contributed by atoms with Crippen LogP contribution in [-0.2, 0) is 19.1 Å². The largest absolute Gasteiger partial charge is 0.478 e. The number of unbranched alkanes of at least 4 members (excludes halogenated alkanes) is 1. The number of fused-ring (bicyclic) bond motifs is 1. The van der Waals surface area contributed by atoms with Crippen LogP contribution < -0.4 is 0 Å². The van der Waals surface area contributed by atoms with Gasteiger partial charge in [0.2, 0.25) is 0 Å². The highest BCUT2D eigenvalue weighted by Crippen LogP contribution is 2.67. The SMILES string of the molecule is CCCCC(=O)[C@]12CC[C@H](C=C1C(=O)O)C(CCC)C21OC(=O)C2=C1CCC=C2. The summed E-state index contributed by atoms with van der Waals surface area (Å²) in [5.74, 6) is -1.53. The molecule has 0 aromatic rings. The number of esters is 1. The van der Waals surface area contributed by atoms with Gasteiger partial charge in [0.05, 0.1) is 11.1 Å². The van der Waals surface area contributed by atoms with E-state index in [-0.39, 0.29) is 23.2 Å². The van der Waals surface area contributed by atoms with Crippen molar-refractivity contribution in [1.82, 2.24) is 0 Å². The summed E-state index contributed by atoms with van der Waals surface area (Å²) >= 11 is 0. The molecule has 0 aromatic carbocycles. The molecule has 5 rings (SSSR count). The molecule has 1 heterocycles. The maximum Gasteiger partial charge on any atom is 0.339 e. The average Bonchev–Trinajstić information content (AvgIpc) is 3.02. The Morgan fingerprint density at radius 2 is 2.07 bits per heavy atom. The first-order valence-corrected chi connectivity index (χ1v) is 11.1. The maximum atomic E-state index is 13.8. The van der Waals surface area contributed by atoms with E-state index in [0.717, 1.165) is 37.7 Å². The van der Waals surface area contributed by atoms with E-state index in [9.17, 15) is 19.5 Å². The number of rotatable bonds is 7. The summed E-state index contributed by atoms with van der Waals surface area (Å²) < 4.78 is 6.23. The van der Waals surface area contributed by atoms with E-state index in [1.807, 2.05) is 25.2 Å². The Balaban J connectivity index is 1.99. The molecule has 0 saturated heterocycles. The summed E-state index contributed by atoms with van der Waals surface area (Å²) in [5, 5.41) is 10.1. The zero-order chi connectivity index (χ0) is 20.8. The van der Waals surface area contributed by atoms with E-state index >= 15 is 0 Å². The van der Waals surface area contributed by atoms with Crippen LogP contribution in [-0.4, -0.2) is 28.4 Å². The minimum atomic E-state index is -1.26. The zero-order valence-corrected chi connectivity index (χ0v) is 17.3. The molecule has 0 amide bonds. The third-order valence-corrected chi connectivity index (χ3v) is 7.52. The molecule has 29 heavy (non-hydrogen) atoms. The molecule has 4 aliphatic carbocycles. The van der Waals surface area contributed by atoms with Gasteiger partial charge < -0.3 is 9.84 Å².